The normalized spacial score (nSPS) is 22.5. The number of nitrogens with one attached hydrogen (secondary N) is 1. The van der Waals surface area contributed by atoms with Gasteiger partial charge in [0.15, 0.2) is 15.0 Å². The molecule has 1 heterocycles. The smallest absolute Gasteiger partial charge is 0.249 e. The second-order valence-corrected chi connectivity index (χ2v) is 9.96. The minimum atomic E-state index is -3.38. The Labute approximate surface area is 169 Å². The molecule has 0 saturated heterocycles. The van der Waals surface area contributed by atoms with E-state index < -0.39 is 43.8 Å². The number of allylic oxidation sites excluding steroid dienone is 2. The van der Waals surface area contributed by atoms with Crippen molar-refractivity contribution in [3.63, 3.8) is 0 Å². The summed E-state index contributed by atoms with van der Waals surface area (Å²) in [5, 5.41) is 1.49. The van der Waals surface area contributed by atoms with E-state index in [0.29, 0.717) is 10.2 Å². The second kappa shape index (κ2) is 6.94. The van der Waals surface area contributed by atoms with Crippen molar-refractivity contribution in [3.8, 4) is 0 Å². The fourth-order valence-electron chi connectivity index (χ4n) is 2.70. The number of nitrogens with zero attached hydrogens (tertiary/aromatic N) is 1. The zero-order valence-electron chi connectivity index (χ0n) is 14.7. The number of hydrogen-bond donors (Lipinski definition) is 2. The zero-order valence-corrected chi connectivity index (χ0v) is 17.1. The highest BCUT2D eigenvalue weighted by Gasteiger charge is 2.45. The van der Waals surface area contributed by atoms with E-state index in [2.05, 4.69) is 10.3 Å². The molecule has 0 aliphatic heterocycles. The number of thiazole rings is 1. The number of benzene rings is 1. The van der Waals surface area contributed by atoms with Crippen LogP contribution in [0, 0.1) is 5.41 Å². The van der Waals surface area contributed by atoms with Crippen molar-refractivity contribution in [1.29, 1.82) is 0 Å². The first kappa shape index (κ1) is 20.4. The SMILES string of the molecule is CC1(C(=O)Nc2nc3ccc(S(C)(=O)=O)cc3s2)C=CC(F)=C(C(N)=O)C1Cl. The van der Waals surface area contributed by atoms with Gasteiger partial charge in [-0.3, -0.25) is 9.59 Å². The Balaban J connectivity index is 1.91. The van der Waals surface area contributed by atoms with Gasteiger partial charge in [-0.05, 0) is 31.2 Å². The summed E-state index contributed by atoms with van der Waals surface area (Å²) < 4.78 is 37.8. The summed E-state index contributed by atoms with van der Waals surface area (Å²) in [6.07, 6.45) is 3.34. The monoisotopic (exact) mass is 443 g/mol. The first-order valence-corrected chi connectivity index (χ1v) is 11.0. The van der Waals surface area contributed by atoms with Crippen LogP contribution in [0.3, 0.4) is 0 Å². The third kappa shape index (κ3) is 3.54. The summed E-state index contributed by atoms with van der Waals surface area (Å²) in [5.41, 5.74) is 3.76. The number of sulfone groups is 1. The number of hydrogen-bond acceptors (Lipinski definition) is 6. The van der Waals surface area contributed by atoms with Crippen LogP contribution in [-0.2, 0) is 19.4 Å². The molecule has 0 bridgehead atoms. The molecule has 148 valence electrons. The van der Waals surface area contributed by atoms with Gasteiger partial charge in [-0.25, -0.2) is 17.8 Å². The molecular formula is C17H15ClFN3O4S2. The Morgan fingerprint density at radius 1 is 1.39 bits per heavy atom. The van der Waals surface area contributed by atoms with E-state index in [1.165, 1.54) is 31.2 Å². The molecule has 0 spiro atoms. The molecule has 2 aromatic rings. The van der Waals surface area contributed by atoms with Crippen molar-refractivity contribution in [2.75, 3.05) is 11.6 Å². The van der Waals surface area contributed by atoms with Gasteiger partial charge in [0.2, 0.25) is 11.8 Å². The van der Waals surface area contributed by atoms with Crippen LogP contribution in [0.4, 0.5) is 9.52 Å². The van der Waals surface area contributed by atoms with E-state index in [0.717, 1.165) is 23.7 Å². The lowest BCUT2D eigenvalue weighted by Crippen LogP contribution is -2.44. The molecule has 2 amide bonds. The highest BCUT2D eigenvalue weighted by atomic mass is 35.5. The van der Waals surface area contributed by atoms with E-state index >= 15 is 0 Å². The van der Waals surface area contributed by atoms with Gasteiger partial charge in [0.05, 0.1) is 31.5 Å². The maximum Gasteiger partial charge on any atom is 0.249 e. The number of carbonyl (C=O) groups excluding carboxylic acids is 2. The number of halogens is 2. The number of alkyl halides is 1. The Hall–Kier alpha value is -2.30. The third-order valence-corrected chi connectivity index (χ3v) is 7.09. The fraction of sp³-hybridized carbons (Fsp3) is 0.235. The van der Waals surface area contributed by atoms with Crippen LogP contribution in [0.25, 0.3) is 10.2 Å². The summed E-state index contributed by atoms with van der Waals surface area (Å²) in [6.45, 7) is 1.45. The zero-order chi connectivity index (χ0) is 20.9. The molecule has 0 radical (unpaired) electrons. The van der Waals surface area contributed by atoms with Crippen LogP contribution < -0.4 is 11.1 Å². The molecule has 3 rings (SSSR count). The van der Waals surface area contributed by atoms with Crippen molar-refractivity contribution < 1.29 is 22.4 Å². The predicted octanol–water partition coefficient (Wildman–Crippen LogP) is 2.53. The van der Waals surface area contributed by atoms with E-state index in [1.807, 2.05) is 0 Å². The van der Waals surface area contributed by atoms with Crippen molar-refractivity contribution in [2.24, 2.45) is 11.1 Å². The molecule has 3 N–H and O–H groups in total. The molecular weight excluding hydrogens is 429 g/mol. The Kier molecular flexibility index (Phi) is 5.07. The number of nitrogens with two attached hydrogens (primary N) is 1. The summed E-state index contributed by atoms with van der Waals surface area (Å²) in [6, 6.07) is 4.43. The molecule has 7 nitrogen and oxygen atoms in total. The fourth-order valence-corrected chi connectivity index (χ4v) is 4.70. The number of aromatic nitrogens is 1. The standard InChI is InChI=1S/C17H15ClFN3O4S2/c1-17(6-5-9(19)12(13(17)18)14(20)23)15(24)22-16-21-10-4-3-8(28(2,25)26)7-11(10)27-16/h3-7,13H,1-2H3,(H2,20,23)(H,21,22,24). The number of primary amides is 1. The second-order valence-electron chi connectivity index (χ2n) is 6.48. The van der Waals surface area contributed by atoms with Crippen LogP contribution >= 0.6 is 22.9 Å². The Morgan fingerprint density at radius 2 is 2.07 bits per heavy atom. The highest BCUT2D eigenvalue weighted by molar-refractivity contribution is 7.90. The minimum absolute atomic E-state index is 0.135. The van der Waals surface area contributed by atoms with Crippen LogP contribution in [0.5, 0.6) is 0 Å². The first-order chi connectivity index (χ1) is 12.9. The van der Waals surface area contributed by atoms with Crippen LogP contribution in [-0.4, -0.2) is 36.8 Å². The molecule has 0 fully saturated rings. The van der Waals surface area contributed by atoms with E-state index in [1.54, 1.807) is 0 Å². The van der Waals surface area contributed by atoms with Gasteiger partial charge in [0.25, 0.3) is 0 Å². The van der Waals surface area contributed by atoms with E-state index in [9.17, 15) is 22.4 Å². The van der Waals surface area contributed by atoms with Crippen LogP contribution in [0.1, 0.15) is 6.92 Å². The quantitative estimate of drug-likeness (QED) is 0.703. The minimum Gasteiger partial charge on any atom is -0.366 e. The van der Waals surface area contributed by atoms with Gasteiger partial charge in [0, 0.05) is 6.26 Å². The van der Waals surface area contributed by atoms with Crippen molar-refractivity contribution in [1.82, 2.24) is 4.98 Å². The molecule has 0 saturated carbocycles. The maximum atomic E-state index is 13.9. The van der Waals surface area contributed by atoms with Crippen LogP contribution in [0.2, 0.25) is 0 Å². The average Bonchev–Trinajstić information content (AvgIpc) is 2.98. The van der Waals surface area contributed by atoms with Crippen molar-refractivity contribution >= 4 is 59.9 Å². The lowest BCUT2D eigenvalue weighted by atomic mass is 9.78. The number of amides is 2. The Bertz CT molecular complexity index is 1170. The van der Waals surface area contributed by atoms with Gasteiger partial charge >= 0.3 is 0 Å². The lowest BCUT2D eigenvalue weighted by molar-refractivity contribution is -0.122. The lowest BCUT2D eigenvalue weighted by Gasteiger charge is -2.32. The molecule has 1 aliphatic carbocycles. The van der Waals surface area contributed by atoms with Gasteiger partial charge in [-0.15, -0.1) is 11.6 Å². The summed E-state index contributed by atoms with van der Waals surface area (Å²) in [4.78, 5) is 28.7. The molecule has 11 heteroatoms. The summed E-state index contributed by atoms with van der Waals surface area (Å²) in [7, 11) is -3.38. The number of anilines is 1. The number of fused-ring (bicyclic) bond motifs is 1. The third-order valence-electron chi connectivity index (χ3n) is 4.38. The number of rotatable bonds is 4. The average molecular weight is 444 g/mol. The number of carbonyl (C=O) groups is 2. The van der Waals surface area contributed by atoms with Crippen molar-refractivity contribution in [2.45, 2.75) is 17.2 Å². The highest BCUT2D eigenvalue weighted by Crippen LogP contribution is 2.40. The molecule has 1 aromatic heterocycles. The Morgan fingerprint density at radius 3 is 2.68 bits per heavy atom. The molecule has 1 aromatic carbocycles. The predicted molar refractivity (Wildman–Crippen MR) is 106 cm³/mol. The van der Waals surface area contributed by atoms with Crippen LogP contribution in [0.15, 0.2) is 46.6 Å². The largest absolute Gasteiger partial charge is 0.366 e. The molecule has 2 atom stereocenters. The van der Waals surface area contributed by atoms with E-state index in [4.69, 9.17) is 17.3 Å². The van der Waals surface area contributed by atoms with Gasteiger partial charge < -0.3 is 11.1 Å². The van der Waals surface area contributed by atoms with E-state index in [-0.39, 0.29) is 10.0 Å². The summed E-state index contributed by atoms with van der Waals surface area (Å²) >= 11 is 7.27. The maximum absolute atomic E-state index is 13.9. The molecule has 28 heavy (non-hydrogen) atoms. The first-order valence-electron chi connectivity index (χ1n) is 7.88. The van der Waals surface area contributed by atoms with Crippen molar-refractivity contribution in [3.05, 3.63) is 41.8 Å². The summed E-state index contributed by atoms with van der Waals surface area (Å²) in [5.74, 6) is -2.54. The topological polar surface area (TPSA) is 119 Å². The molecule has 1 aliphatic rings. The van der Waals surface area contributed by atoms with Gasteiger partial charge in [0.1, 0.15) is 5.83 Å². The van der Waals surface area contributed by atoms with Gasteiger partial charge in [-0.1, -0.05) is 17.4 Å². The van der Waals surface area contributed by atoms with Gasteiger partial charge in [-0.2, -0.15) is 0 Å². The molecule has 2 unspecified atom stereocenters.